The highest BCUT2D eigenvalue weighted by molar-refractivity contribution is 6.04. The minimum Gasteiger partial charge on any atom is -0.355 e. The summed E-state index contributed by atoms with van der Waals surface area (Å²) in [7, 11) is 3.54. The Bertz CT molecular complexity index is 921. The van der Waals surface area contributed by atoms with Crippen molar-refractivity contribution in [2.24, 2.45) is 0 Å². The summed E-state index contributed by atoms with van der Waals surface area (Å²) in [5.41, 5.74) is 2.67. The Morgan fingerprint density at radius 1 is 0.968 bits per heavy atom. The van der Waals surface area contributed by atoms with E-state index < -0.39 is 0 Å². The molecule has 2 aromatic rings. The molecule has 0 aliphatic heterocycles. The maximum absolute atomic E-state index is 12.7. The third kappa shape index (κ3) is 6.39. The fourth-order valence-electron chi connectivity index (χ4n) is 3.92. The van der Waals surface area contributed by atoms with Crippen molar-refractivity contribution in [2.45, 2.75) is 38.3 Å². The van der Waals surface area contributed by atoms with E-state index in [0.717, 1.165) is 36.1 Å². The fourth-order valence-corrected chi connectivity index (χ4v) is 3.92. The van der Waals surface area contributed by atoms with Gasteiger partial charge in [0.2, 0.25) is 0 Å². The number of rotatable bonds is 8. The average Bonchev–Trinajstić information content (AvgIpc) is 3.27. The molecule has 3 rings (SSSR count). The third-order valence-electron chi connectivity index (χ3n) is 5.55. The number of hydrogen-bond donors (Lipinski definition) is 4. The Morgan fingerprint density at radius 2 is 1.65 bits per heavy atom. The van der Waals surface area contributed by atoms with Gasteiger partial charge in [-0.05, 0) is 37.1 Å². The van der Waals surface area contributed by atoms with Gasteiger partial charge in [0, 0.05) is 24.2 Å². The molecule has 0 heterocycles. The summed E-state index contributed by atoms with van der Waals surface area (Å²) < 4.78 is 0. The number of carbonyl (C=O) groups is 3. The van der Waals surface area contributed by atoms with Gasteiger partial charge in [0.1, 0.15) is 6.54 Å². The summed E-state index contributed by atoms with van der Waals surface area (Å²) in [6.07, 6.45) is 4.32. The molecule has 1 saturated carbocycles. The molecule has 0 spiro atoms. The lowest BCUT2D eigenvalue weighted by Gasteiger charge is -2.17. The molecule has 31 heavy (non-hydrogen) atoms. The van der Waals surface area contributed by atoms with Gasteiger partial charge in [-0.1, -0.05) is 37.1 Å². The highest BCUT2D eigenvalue weighted by atomic mass is 16.2. The maximum atomic E-state index is 12.7. The Kier molecular flexibility index (Phi) is 7.78. The smallest absolute Gasteiger partial charge is 0.279 e. The van der Waals surface area contributed by atoms with Gasteiger partial charge in [-0.3, -0.25) is 14.4 Å². The van der Waals surface area contributed by atoms with Crippen molar-refractivity contribution >= 4 is 23.4 Å². The fraction of sp³-hybridized carbons (Fsp3) is 0.375. The number of para-hydroxylation sites is 1. The number of benzene rings is 2. The molecule has 3 amide bonds. The summed E-state index contributed by atoms with van der Waals surface area (Å²) in [4.78, 5) is 37.9. The van der Waals surface area contributed by atoms with E-state index in [9.17, 15) is 14.4 Å². The van der Waals surface area contributed by atoms with Crippen LogP contribution < -0.4 is 20.9 Å². The Balaban J connectivity index is 1.55. The molecule has 1 aliphatic carbocycles. The number of likely N-dealkylation sites (N-methyl/N-ethyl adjacent to an activating group) is 1. The Morgan fingerprint density at radius 3 is 2.32 bits per heavy atom. The van der Waals surface area contributed by atoms with E-state index >= 15 is 0 Å². The number of amides is 3. The molecule has 1 fully saturated rings. The van der Waals surface area contributed by atoms with Gasteiger partial charge in [-0.15, -0.1) is 0 Å². The molecular weight excluding hydrogens is 392 g/mol. The molecule has 7 nitrogen and oxygen atoms in total. The summed E-state index contributed by atoms with van der Waals surface area (Å²) in [5.74, 6) is -0.414. The molecule has 0 bridgehead atoms. The molecule has 1 unspecified atom stereocenters. The van der Waals surface area contributed by atoms with E-state index in [-0.39, 0.29) is 30.3 Å². The van der Waals surface area contributed by atoms with E-state index in [1.54, 1.807) is 37.4 Å². The first-order valence-electron chi connectivity index (χ1n) is 10.8. The zero-order valence-corrected chi connectivity index (χ0v) is 18.2. The molecule has 1 aliphatic rings. The average molecular weight is 424 g/mol. The lowest BCUT2D eigenvalue weighted by Crippen LogP contribution is -3.08. The molecule has 164 valence electrons. The van der Waals surface area contributed by atoms with Crippen LogP contribution in [0.3, 0.4) is 0 Å². The van der Waals surface area contributed by atoms with Gasteiger partial charge >= 0.3 is 0 Å². The van der Waals surface area contributed by atoms with Gasteiger partial charge in [0.05, 0.1) is 18.3 Å². The van der Waals surface area contributed by atoms with Crippen molar-refractivity contribution in [3.63, 3.8) is 0 Å². The second-order valence-electron chi connectivity index (χ2n) is 8.14. The van der Waals surface area contributed by atoms with Crippen LogP contribution in [0, 0.1) is 0 Å². The van der Waals surface area contributed by atoms with Crippen molar-refractivity contribution in [2.75, 3.05) is 26.0 Å². The van der Waals surface area contributed by atoms with Crippen LogP contribution in [0.15, 0.2) is 48.5 Å². The van der Waals surface area contributed by atoms with Crippen LogP contribution in [0.5, 0.6) is 0 Å². The molecule has 0 saturated heterocycles. The minimum atomic E-state index is -0.152. The molecule has 0 radical (unpaired) electrons. The monoisotopic (exact) mass is 423 g/mol. The normalized spacial score (nSPS) is 14.6. The predicted octanol–water partition coefficient (Wildman–Crippen LogP) is 1.37. The quantitative estimate of drug-likeness (QED) is 0.517. The minimum absolute atomic E-state index is 0.123. The summed E-state index contributed by atoms with van der Waals surface area (Å²) in [6.45, 7) is 0.904. The van der Waals surface area contributed by atoms with E-state index in [2.05, 4.69) is 16.0 Å². The van der Waals surface area contributed by atoms with Crippen LogP contribution in [0.4, 0.5) is 5.69 Å². The van der Waals surface area contributed by atoms with Crippen LogP contribution in [0.1, 0.15) is 52.0 Å². The second-order valence-corrected chi connectivity index (χ2v) is 8.14. The molecule has 2 aromatic carbocycles. The highest BCUT2D eigenvalue weighted by Gasteiger charge is 2.20. The highest BCUT2D eigenvalue weighted by Crippen LogP contribution is 2.20. The van der Waals surface area contributed by atoms with Crippen LogP contribution in [0.2, 0.25) is 0 Å². The zero-order chi connectivity index (χ0) is 22.2. The van der Waals surface area contributed by atoms with E-state index in [4.69, 9.17) is 0 Å². The lowest BCUT2D eigenvalue weighted by molar-refractivity contribution is -0.885. The molecular formula is C24H31N4O3+. The van der Waals surface area contributed by atoms with E-state index in [0.29, 0.717) is 23.4 Å². The summed E-state index contributed by atoms with van der Waals surface area (Å²) in [6, 6.07) is 14.7. The number of quaternary nitrogens is 1. The standard InChI is InChI=1S/C24H30N4O3/c1-25-23(30)18-13-11-17(12-14-18)15-28(2)16-22(29)27-21-10-6-5-9-20(21)24(31)26-19-7-3-4-8-19/h5-6,9-14,19H,3-4,7-8,15-16H2,1-2H3,(H,25,30)(H,26,31)(H,27,29)/p+1. The van der Waals surface area contributed by atoms with Crippen LogP contribution >= 0.6 is 0 Å². The molecule has 1 atom stereocenters. The van der Waals surface area contributed by atoms with Gasteiger partial charge < -0.3 is 20.9 Å². The number of nitrogens with one attached hydrogen (secondary N) is 4. The first-order valence-corrected chi connectivity index (χ1v) is 10.8. The van der Waals surface area contributed by atoms with Crippen molar-refractivity contribution in [3.05, 3.63) is 65.2 Å². The second kappa shape index (κ2) is 10.7. The van der Waals surface area contributed by atoms with Gasteiger partial charge in [-0.2, -0.15) is 0 Å². The first kappa shape index (κ1) is 22.5. The topological polar surface area (TPSA) is 91.7 Å². The van der Waals surface area contributed by atoms with Crippen molar-refractivity contribution in [1.29, 1.82) is 0 Å². The van der Waals surface area contributed by atoms with E-state index in [1.807, 2.05) is 25.2 Å². The first-order chi connectivity index (χ1) is 15.0. The molecule has 4 N–H and O–H groups in total. The maximum Gasteiger partial charge on any atom is 0.279 e. The summed E-state index contributed by atoms with van der Waals surface area (Å²) in [5, 5.41) is 8.56. The van der Waals surface area contributed by atoms with Gasteiger partial charge in [0.25, 0.3) is 17.7 Å². The van der Waals surface area contributed by atoms with Crippen LogP contribution in [-0.4, -0.2) is 44.4 Å². The number of anilines is 1. The van der Waals surface area contributed by atoms with E-state index in [1.165, 1.54) is 0 Å². The van der Waals surface area contributed by atoms with Crippen LogP contribution in [0.25, 0.3) is 0 Å². The molecule has 7 heteroatoms. The van der Waals surface area contributed by atoms with Crippen molar-refractivity contribution < 1.29 is 19.3 Å². The SMILES string of the molecule is CNC(=O)c1ccc(C[NH+](C)CC(=O)Nc2ccccc2C(=O)NC2CCCC2)cc1. The zero-order valence-electron chi connectivity index (χ0n) is 18.2. The molecule has 0 aromatic heterocycles. The lowest BCUT2D eigenvalue weighted by atomic mass is 10.1. The largest absolute Gasteiger partial charge is 0.355 e. The number of carbonyl (C=O) groups excluding carboxylic acids is 3. The van der Waals surface area contributed by atoms with Gasteiger partial charge in [-0.25, -0.2) is 0 Å². The van der Waals surface area contributed by atoms with Crippen molar-refractivity contribution in [3.8, 4) is 0 Å². The Hall–Kier alpha value is -3.19. The third-order valence-corrected chi connectivity index (χ3v) is 5.55. The summed E-state index contributed by atoms with van der Waals surface area (Å²) >= 11 is 0. The number of hydrogen-bond acceptors (Lipinski definition) is 3. The van der Waals surface area contributed by atoms with Gasteiger partial charge in [0.15, 0.2) is 6.54 Å². The predicted molar refractivity (Wildman–Crippen MR) is 120 cm³/mol. The Labute approximate surface area is 183 Å². The van der Waals surface area contributed by atoms with Crippen molar-refractivity contribution in [1.82, 2.24) is 10.6 Å². The van der Waals surface area contributed by atoms with Crippen LogP contribution in [-0.2, 0) is 11.3 Å².